The summed E-state index contributed by atoms with van der Waals surface area (Å²) in [5.74, 6) is 0.896. The van der Waals surface area contributed by atoms with Gasteiger partial charge in [0.05, 0.1) is 13.7 Å². The van der Waals surface area contributed by atoms with E-state index in [0.29, 0.717) is 25.8 Å². The van der Waals surface area contributed by atoms with Crippen LogP contribution in [0.1, 0.15) is 19.3 Å². The third kappa shape index (κ3) is 3.72. The van der Waals surface area contributed by atoms with Gasteiger partial charge >= 0.3 is 0 Å². The lowest BCUT2D eigenvalue weighted by Crippen LogP contribution is -2.49. The van der Waals surface area contributed by atoms with Crippen LogP contribution in [0.3, 0.4) is 0 Å². The van der Waals surface area contributed by atoms with Gasteiger partial charge in [0.1, 0.15) is 11.4 Å². The van der Waals surface area contributed by atoms with Crippen LogP contribution in [0.15, 0.2) is 24.3 Å². The Morgan fingerprint density at radius 1 is 1.32 bits per heavy atom. The summed E-state index contributed by atoms with van der Waals surface area (Å²) in [5.41, 5.74) is 0.592. The molecule has 2 fully saturated rings. The number of methoxy groups -OCH3 is 1. The number of rotatable bonds is 5. The van der Waals surface area contributed by atoms with E-state index in [1.165, 1.54) is 5.69 Å². The Morgan fingerprint density at radius 3 is 2.64 bits per heavy atom. The Bertz CT molecular complexity index is 463. The molecule has 2 aliphatic rings. The molecule has 0 aromatic heterocycles. The van der Waals surface area contributed by atoms with Gasteiger partial charge in [0.25, 0.3) is 0 Å². The highest BCUT2D eigenvalue weighted by atomic mass is 16.5. The van der Waals surface area contributed by atoms with Gasteiger partial charge in [-0.25, -0.2) is 0 Å². The van der Waals surface area contributed by atoms with Crippen LogP contribution in [0.2, 0.25) is 0 Å². The molecular weight excluding hydrogens is 280 g/mol. The van der Waals surface area contributed by atoms with Crippen molar-refractivity contribution in [2.45, 2.75) is 30.9 Å². The van der Waals surface area contributed by atoms with E-state index in [9.17, 15) is 5.11 Å². The summed E-state index contributed by atoms with van der Waals surface area (Å²) in [5, 5.41) is 13.8. The van der Waals surface area contributed by atoms with E-state index >= 15 is 0 Å². The van der Waals surface area contributed by atoms with Crippen LogP contribution in [-0.2, 0) is 4.74 Å². The first kappa shape index (κ1) is 15.6. The molecule has 1 atom stereocenters. The fourth-order valence-corrected chi connectivity index (χ4v) is 3.21. The largest absolute Gasteiger partial charge is 0.497 e. The van der Waals surface area contributed by atoms with Crippen LogP contribution in [0, 0.1) is 0 Å². The van der Waals surface area contributed by atoms with E-state index in [0.717, 1.165) is 38.1 Å². The maximum Gasteiger partial charge on any atom is 0.119 e. The molecule has 1 unspecified atom stereocenters. The number of benzene rings is 1. The highest BCUT2D eigenvalue weighted by Gasteiger charge is 2.33. The van der Waals surface area contributed by atoms with Crippen LogP contribution in [0.4, 0.5) is 5.69 Å². The molecule has 0 bridgehead atoms. The standard InChI is InChI=1S/C17H26N2O3/c1-21-16-4-2-15(3-5-16)19-9-6-14(7-10-19)18-12-17(20)8-11-22-13-17/h2-5,14,18,20H,6-13H2,1H3. The van der Waals surface area contributed by atoms with Gasteiger partial charge < -0.3 is 24.8 Å². The maximum atomic E-state index is 10.3. The Balaban J connectivity index is 1.45. The summed E-state index contributed by atoms with van der Waals surface area (Å²) < 4.78 is 10.5. The zero-order chi connectivity index (χ0) is 15.4. The van der Waals surface area contributed by atoms with Crippen molar-refractivity contribution in [1.82, 2.24) is 5.32 Å². The molecule has 122 valence electrons. The predicted molar refractivity (Wildman–Crippen MR) is 86.6 cm³/mol. The van der Waals surface area contributed by atoms with Crippen molar-refractivity contribution < 1.29 is 14.6 Å². The molecule has 0 spiro atoms. The molecule has 5 heteroatoms. The lowest BCUT2D eigenvalue weighted by atomic mass is 10.00. The summed E-state index contributed by atoms with van der Waals surface area (Å²) >= 11 is 0. The number of hydrogen-bond donors (Lipinski definition) is 2. The Hall–Kier alpha value is -1.30. The lowest BCUT2D eigenvalue weighted by Gasteiger charge is -2.35. The second-order valence-corrected chi connectivity index (χ2v) is 6.37. The number of nitrogens with one attached hydrogen (secondary N) is 1. The van der Waals surface area contributed by atoms with Crippen molar-refractivity contribution in [3.63, 3.8) is 0 Å². The third-order valence-corrected chi connectivity index (χ3v) is 4.73. The molecule has 0 amide bonds. The molecule has 2 heterocycles. The van der Waals surface area contributed by atoms with Crippen molar-refractivity contribution in [2.24, 2.45) is 0 Å². The molecule has 0 radical (unpaired) electrons. The van der Waals surface area contributed by atoms with Gasteiger partial charge in [-0.15, -0.1) is 0 Å². The Labute approximate surface area is 132 Å². The molecule has 22 heavy (non-hydrogen) atoms. The van der Waals surface area contributed by atoms with Crippen LogP contribution in [0.25, 0.3) is 0 Å². The van der Waals surface area contributed by atoms with Gasteiger partial charge in [-0.05, 0) is 37.1 Å². The van der Waals surface area contributed by atoms with Crippen molar-refractivity contribution in [3.05, 3.63) is 24.3 Å². The smallest absolute Gasteiger partial charge is 0.119 e. The quantitative estimate of drug-likeness (QED) is 0.861. The molecular formula is C17H26N2O3. The third-order valence-electron chi connectivity index (χ3n) is 4.73. The monoisotopic (exact) mass is 306 g/mol. The molecule has 2 N–H and O–H groups in total. The van der Waals surface area contributed by atoms with Crippen LogP contribution >= 0.6 is 0 Å². The van der Waals surface area contributed by atoms with Gasteiger partial charge in [-0.3, -0.25) is 0 Å². The summed E-state index contributed by atoms with van der Waals surface area (Å²) in [4.78, 5) is 2.41. The van der Waals surface area contributed by atoms with Gasteiger partial charge in [-0.2, -0.15) is 0 Å². The van der Waals surface area contributed by atoms with Crippen molar-refractivity contribution in [3.8, 4) is 5.75 Å². The zero-order valence-corrected chi connectivity index (χ0v) is 13.3. The molecule has 3 rings (SSSR count). The molecule has 1 aromatic rings. The van der Waals surface area contributed by atoms with E-state index in [-0.39, 0.29) is 0 Å². The summed E-state index contributed by atoms with van der Waals surface area (Å²) in [6, 6.07) is 8.74. The zero-order valence-electron chi connectivity index (χ0n) is 13.3. The highest BCUT2D eigenvalue weighted by Crippen LogP contribution is 2.23. The van der Waals surface area contributed by atoms with E-state index in [1.54, 1.807) is 7.11 Å². The molecule has 1 aromatic carbocycles. The van der Waals surface area contributed by atoms with E-state index in [1.807, 2.05) is 12.1 Å². The first-order chi connectivity index (χ1) is 10.7. The average molecular weight is 306 g/mol. The van der Waals surface area contributed by atoms with Crippen LogP contribution < -0.4 is 15.0 Å². The highest BCUT2D eigenvalue weighted by molar-refractivity contribution is 5.49. The van der Waals surface area contributed by atoms with Crippen molar-refractivity contribution >= 4 is 5.69 Å². The summed E-state index contributed by atoms with van der Waals surface area (Å²) in [6.07, 6.45) is 2.94. The molecule has 0 saturated carbocycles. The molecule has 2 saturated heterocycles. The predicted octanol–water partition coefficient (Wildman–Crippen LogP) is 1.40. The fraction of sp³-hybridized carbons (Fsp3) is 0.647. The van der Waals surface area contributed by atoms with Crippen LogP contribution in [-0.4, -0.2) is 56.7 Å². The van der Waals surface area contributed by atoms with Gasteiger partial charge in [0, 0.05) is 44.4 Å². The van der Waals surface area contributed by atoms with Crippen molar-refractivity contribution in [1.29, 1.82) is 0 Å². The lowest BCUT2D eigenvalue weighted by molar-refractivity contribution is 0.0241. The maximum absolute atomic E-state index is 10.3. The SMILES string of the molecule is COc1ccc(N2CCC(NCC3(O)CCOC3)CC2)cc1. The van der Waals surface area contributed by atoms with E-state index in [4.69, 9.17) is 9.47 Å². The number of hydrogen-bond acceptors (Lipinski definition) is 5. The molecule has 2 aliphatic heterocycles. The van der Waals surface area contributed by atoms with Crippen molar-refractivity contribution in [2.75, 3.05) is 44.9 Å². The summed E-state index contributed by atoms with van der Waals surface area (Å²) in [7, 11) is 1.69. The topological polar surface area (TPSA) is 54.0 Å². The van der Waals surface area contributed by atoms with Gasteiger partial charge in [-0.1, -0.05) is 0 Å². The average Bonchev–Trinajstić information content (AvgIpc) is 3.01. The minimum Gasteiger partial charge on any atom is -0.497 e. The van der Waals surface area contributed by atoms with Gasteiger partial charge in [0.15, 0.2) is 0 Å². The Morgan fingerprint density at radius 2 is 2.05 bits per heavy atom. The number of ether oxygens (including phenoxy) is 2. The Kier molecular flexibility index (Phi) is 4.86. The number of nitrogens with zero attached hydrogens (tertiary/aromatic N) is 1. The first-order valence-corrected chi connectivity index (χ1v) is 8.11. The minimum atomic E-state index is -0.660. The number of anilines is 1. The fourth-order valence-electron chi connectivity index (χ4n) is 3.21. The first-order valence-electron chi connectivity index (χ1n) is 8.11. The normalized spacial score (nSPS) is 26.4. The van der Waals surface area contributed by atoms with Crippen LogP contribution in [0.5, 0.6) is 5.75 Å². The summed E-state index contributed by atoms with van der Waals surface area (Å²) in [6.45, 7) is 3.86. The second-order valence-electron chi connectivity index (χ2n) is 6.37. The second kappa shape index (κ2) is 6.86. The number of aliphatic hydroxyl groups is 1. The van der Waals surface area contributed by atoms with E-state index in [2.05, 4.69) is 22.3 Å². The number of piperidine rings is 1. The minimum absolute atomic E-state index is 0.463. The van der Waals surface area contributed by atoms with E-state index < -0.39 is 5.60 Å². The molecule has 0 aliphatic carbocycles. The molecule has 5 nitrogen and oxygen atoms in total. The van der Waals surface area contributed by atoms with Gasteiger partial charge in [0.2, 0.25) is 0 Å².